The monoisotopic (exact) mass is 283 g/mol. The predicted molar refractivity (Wildman–Crippen MR) is 69.4 cm³/mol. The first-order valence-electron chi connectivity index (χ1n) is 6.19. The van der Waals surface area contributed by atoms with Crippen LogP contribution >= 0.6 is 0 Å². The Labute approximate surface area is 115 Å². The molecule has 1 aliphatic rings. The fraction of sp³-hybridized carbons (Fsp3) is 0.462. The third-order valence-electron chi connectivity index (χ3n) is 3.29. The smallest absolute Gasteiger partial charge is 0.335 e. The average Bonchev–Trinajstić information content (AvgIpc) is 2.43. The lowest BCUT2D eigenvalue weighted by molar-refractivity contribution is -0.209. The van der Waals surface area contributed by atoms with Crippen LogP contribution in [0.3, 0.4) is 0 Å². The first kappa shape index (κ1) is 14.7. The van der Waals surface area contributed by atoms with Crippen molar-refractivity contribution in [1.82, 2.24) is 0 Å². The molecule has 1 fully saturated rings. The van der Waals surface area contributed by atoms with Gasteiger partial charge in [0.2, 0.25) is 0 Å². The molecule has 5 atom stereocenters. The molecule has 1 aromatic carbocycles. The number of benzene rings is 1. The van der Waals surface area contributed by atoms with Crippen molar-refractivity contribution >= 4 is 11.7 Å². The third-order valence-corrected chi connectivity index (χ3v) is 3.29. The molecule has 0 unspecified atom stereocenters. The van der Waals surface area contributed by atoms with Crippen molar-refractivity contribution in [3.63, 3.8) is 0 Å². The molecule has 110 valence electrons. The van der Waals surface area contributed by atoms with E-state index in [9.17, 15) is 20.1 Å². The SMILES string of the molecule is C[C@H]1O[C@@H](Nc2ccc(C(=O)O)cc2)[C@@H](O)[C@@H](O)[C@H]1O. The van der Waals surface area contributed by atoms with Crippen LogP contribution in [-0.4, -0.2) is 57.0 Å². The van der Waals surface area contributed by atoms with E-state index in [1.807, 2.05) is 0 Å². The molecule has 1 heterocycles. The number of aromatic carboxylic acids is 1. The molecule has 20 heavy (non-hydrogen) atoms. The second kappa shape index (κ2) is 5.76. The topological polar surface area (TPSA) is 119 Å². The number of carboxylic acid groups (broad SMARTS) is 1. The fourth-order valence-electron chi connectivity index (χ4n) is 2.04. The maximum Gasteiger partial charge on any atom is 0.335 e. The van der Waals surface area contributed by atoms with Crippen LogP contribution in [0, 0.1) is 0 Å². The quantitative estimate of drug-likeness (QED) is 0.513. The molecule has 5 N–H and O–H groups in total. The van der Waals surface area contributed by atoms with Gasteiger partial charge in [-0.3, -0.25) is 0 Å². The molecule has 0 amide bonds. The molecular weight excluding hydrogens is 266 g/mol. The molecule has 7 heteroatoms. The number of carbonyl (C=O) groups is 1. The van der Waals surface area contributed by atoms with Crippen molar-refractivity contribution in [2.45, 2.75) is 37.6 Å². The Morgan fingerprint density at radius 2 is 1.70 bits per heavy atom. The molecule has 1 saturated heterocycles. The van der Waals surface area contributed by atoms with E-state index in [0.717, 1.165) is 0 Å². The van der Waals surface area contributed by atoms with Gasteiger partial charge in [0.05, 0.1) is 11.7 Å². The van der Waals surface area contributed by atoms with Gasteiger partial charge >= 0.3 is 5.97 Å². The van der Waals surface area contributed by atoms with Gasteiger partial charge in [0.1, 0.15) is 18.3 Å². The summed E-state index contributed by atoms with van der Waals surface area (Å²) in [7, 11) is 0. The van der Waals surface area contributed by atoms with E-state index in [-0.39, 0.29) is 5.56 Å². The summed E-state index contributed by atoms with van der Waals surface area (Å²) in [6.45, 7) is 1.59. The molecule has 1 aliphatic heterocycles. The van der Waals surface area contributed by atoms with Gasteiger partial charge < -0.3 is 30.5 Å². The van der Waals surface area contributed by atoms with Crippen LogP contribution in [0.25, 0.3) is 0 Å². The van der Waals surface area contributed by atoms with E-state index in [2.05, 4.69) is 5.32 Å². The minimum absolute atomic E-state index is 0.143. The minimum atomic E-state index is -1.31. The molecule has 0 aromatic heterocycles. The molecular formula is C13H17NO6. The summed E-state index contributed by atoms with van der Waals surface area (Å²) >= 11 is 0. The van der Waals surface area contributed by atoms with Gasteiger partial charge in [0.15, 0.2) is 6.23 Å². The van der Waals surface area contributed by atoms with E-state index in [0.29, 0.717) is 5.69 Å². The summed E-state index contributed by atoms with van der Waals surface area (Å²) in [4.78, 5) is 10.7. The first-order valence-corrected chi connectivity index (χ1v) is 6.19. The molecule has 0 spiro atoms. The maximum absolute atomic E-state index is 10.7. The highest BCUT2D eigenvalue weighted by atomic mass is 16.5. The Bertz CT molecular complexity index is 476. The van der Waals surface area contributed by atoms with E-state index in [1.54, 1.807) is 6.92 Å². The molecule has 0 saturated carbocycles. The summed E-state index contributed by atoms with van der Waals surface area (Å²) in [6.07, 6.45) is -5.28. The van der Waals surface area contributed by atoms with Gasteiger partial charge in [0, 0.05) is 5.69 Å². The van der Waals surface area contributed by atoms with Crippen molar-refractivity contribution < 1.29 is 30.0 Å². The Morgan fingerprint density at radius 1 is 1.10 bits per heavy atom. The second-order valence-electron chi connectivity index (χ2n) is 4.76. The fourth-order valence-corrected chi connectivity index (χ4v) is 2.04. The molecule has 2 rings (SSSR count). The van der Waals surface area contributed by atoms with Crippen molar-refractivity contribution in [3.8, 4) is 0 Å². The summed E-state index contributed by atoms with van der Waals surface area (Å²) in [5.74, 6) is -1.03. The highest BCUT2D eigenvalue weighted by molar-refractivity contribution is 5.87. The minimum Gasteiger partial charge on any atom is -0.478 e. The van der Waals surface area contributed by atoms with Crippen LogP contribution in [-0.2, 0) is 4.74 Å². The number of aliphatic hydroxyl groups is 3. The van der Waals surface area contributed by atoms with Crippen LogP contribution < -0.4 is 5.32 Å². The molecule has 1 aromatic rings. The largest absolute Gasteiger partial charge is 0.478 e. The van der Waals surface area contributed by atoms with Gasteiger partial charge in [-0.2, -0.15) is 0 Å². The summed E-state index contributed by atoms with van der Waals surface area (Å²) < 4.78 is 5.38. The second-order valence-corrected chi connectivity index (χ2v) is 4.76. The van der Waals surface area contributed by atoms with Crippen LogP contribution in [0.5, 0.6) is 0 Å². The lowest BCUT2D eigenvalue weighted by Crippen LogP contribution is -2.58. The highest BCUT2D eigenvalue weighted by Gasteiger charge is 2.41. The molecule has 0 bridgehead atoms. The lowest BCUT2D eigenvalue weighted by Gasteiger charge is -2.39. The Kier molecular flexibility index (Phi) is 4.24. The zero-order valence-corrected chi connectivity index (χ0v) is 10.8. The van der Waals surface area contributed by atoms with Crippen LogP contribution in [0.1, 0.15) is 17.3 Å². The van der Waals surface area contributed by atoms with Crippen LogP contribution in [0.2, 0.25) is 0 Å². The number of hydrogen-bond acceptors (Lipinski definition) is 6. The summed E-state index contributed by atoms with van der Waals surface area (Å²) in [5, 5.41) is 40.7. The van der Waals surface area contributed by atoms with Crippen molar-refractivity contribution in [2.75, 3.05) is 5.32 Å². The zero-order valence-electron chi connectivity index (χ0n) is 10.8. The zero-order chi connectivity index (χ0) is 14.9. The number of hydrogen-bond donors (Lipinski definition) is 5. The van der Waals surface area contributed by atoms with Gasteiger partial charge in [-0.1, -0.05) is 0 Å². The third kappa shape index (κ3) is 2.91. The van der Waals surface area contributed by atoms with Gasteiger partial charge in [0.25, 0.3) is 0 Å². The number of ether oxygens (including phenoxy) is 1. The number of anilines is 1. The number of nitrogens with one attached hydrogen (secondary N) is 1. The van der Waals surface area contributed by atoms with Crippen molar-refractivity contribution in [3.05, 3.63) is 29.8 Å². The van der Waals surface area contributed by atoms with Crippen molar-refractivity contribution in [1.29, 1.82) is 0 Å². The van der Waals surface area contributed by atoms with Gasteiger partial charge in [-0.15, -0.1) is 0 Å². The average molecular weight is 283 g/mol. The van der Waals surface area contributed by atoms with E-state index in [4.69, 9.17) is 9.84 Å². The molecule has 0 aliphatic carbocycles. The number of rotatable bonds is 3. The lowest BCUT2D eigenvalue weighted by atomic mass is 9.99. The van der Waals surface area contributed by atoms with Gasteiger partial charge in [-0.25, -0.2) is 4.79 Å². The van der Waals surface area contributed by atoms with Crippen LogP contribution in [0.15, 0.2) is 24.3 Å². The van der Waals surface area contributed by atoms with E-state index in [1.165, 1.54) is 24.3 Å². The number of aliphatic hydroxyl groups excluding tert-OH is 3. The maximum atomic E-state index is 10.7. The summed E-state index contributed by atoms with van der Waals surface area (Å²) in [5.41, 5.74) is 0.680. The highest BCUT2D eigenvalue weighted by Crippen LogP contribution is 2.22. The van der Waals surface area contributed by atoms with Crippen LogP contribution in [0.4, 0.5) is 5.69 Å². The van der Waals surface area contributed by atoms with E-state index >= 15 is 0 Å². The normalized spacial score (nSPS) is 33.7. The van der Waals surface area contributed by atoms with Gasteiger partial charge in [-0.05, 0) is 31.2 Å². The Hall–Kier alpha value is -1.67. The first-order chi connectivity index (χ1) is 9.40. The van der Waals surface area contributed by atoms with E-state index < -0.39 is 36.6 Å². The van der Waals surface area contributed by atoms with Crippen molar-refractivity contribution in [2.24, 2.45) is 0 Å². The molecule has 0 radical (unpaired) electrons. The standard InChI is InChI=1S/C13H17NO6/c1-6-9(15)10(16)11(17)12(20-6)14-8-4-2-7(3-5-8)13(18)19/h2-6,9-12,14-17H,1H3,(H,18,19)/t6-,9+,10+,11+,12-/m1/s1. The predicted octanol–water partition coefficient (Wildman–Crippen LogP) is -0.376. The Morgan fingerprint density at radius 3 is 2.25 bits per heavy atom. The summed E-state index contributed by atoms with van der Waals surface area (Å²) in [6, 6.07) is 5.88. The number of carboxylic acids is 1. The Balaban J connectivity index is 2.07. The molecule has 7 nitrogen and oxygen atoms in total.